The minimum atomic E-state index is -4.31. The van der Waals surface area contributed by atoms with Crippen molar-refractivity contribution >= 4 is 11.9 Å². The zero-order chi connectivity index (χ0) is 18.5. The molecule has 0 bridgehead atoms. The van der Waals surface area contributed by atoms with Crippen LogP contribution in [0, 0.1) is 11.8 Å². The zero-order valence-electron chi connectivity index (χ0n) is 14.3. The van der Waals surface area contributed by atoms with Gasteiger partial charge in [0.15, 0.2) is 0 Å². The molecule has 0 aliphatic heterocycles. The van der Waals surface area contributed by atoms with Gasteiger partial charge >= 0.3 is 12.1 Å². The van der Waals surface area contributed by atoms with Crippen molar-refractivity contribution in [1.29, 1.82) is 0 Å². The molecule has 3 unspecified atom stereocenters. The lowest BCUT2D eigenvalue weighted by atomic mass is 9.80. The van der Waals surface area contributed by atoms with Gasteiger partial charge in [-0.2, -0.15) is 13.2 Å². The number of aliphatic carboxylic acids is 1. The molecule has 0 heterocycles. The monoisotopic (exact) mass is 353 g/mol. The summed E-state index contributed by atoms with van der Waals surface area (Å²) in [6.07, 6.45) is -3.84. The molecule has 2 N–H and O–H groups in total. The number of hydrogen-bond acceptors (Lipinski definition) is 3. The molecule has 1 fully saturated rings. The molecule has 1 saturated carbocycles. The van der Waals surface area contributed by atoms with Crippen LogP contribution in [0.4, 0.5) is 13.2 Å². The largest absolute Gasteiger partial charge is 0.480 e. The summed E-state index contributed by atoms with van der Waals surface area (Å²) in [5, 5.41) is 11.5. The number of hydrogen-bond donors (Lipinski definition) is 2. The number of carboxylic acids is 1. The van der Waals surface area contributed by atoms with Crippen LogP contribution in [0.25, 0.3) is 0 Å². The van der Waals surface area contributed by atoms with E-state index in [9.17, 15) is 27.9 Å². The van der Waals surface area contributed by atoms with Gasteiger partial charge in [0, 0.05) is 18.9 Å². The molecule has 1 aliphatic carbocycles. The van der Waals surface area contributed by atoms with Gasteiger partial charge in [-0.05, 0) is 40.0 Å². The lowest BCUT2D eigenvalue weighted by molar-refractivity contribution is -0.186. The summed E-state index contributed by atoms with van der Waals surface area (Å²) < 4.78 is 43.8. The highest BCUT2D eigenvalue weighted by molar-refractivity contribution is 5.85. The van der Waals surface area contributed by atoms with E-state index in [-0.39, 0.29) is 25.9 Å². The summed E-state index contributed by atoms with van der Waals surface area (Å²) in [5.41, 5.74) is -0.434. The van der Waals surface area contributed by atoms with Crippen LogP contribution in [0.5, 0.6) is 0 Å². The average Bonchev–Trinajstić information content (AvgIpc) is 2.44. The number of ether oxygens (including phenoxy) is 1. The number of rotatable bonds is 6. The Morgan fingerprint density at radius 2 is 1.88 bits per heavy atom. The van der Waals surface area contributed by atoms with Gasteiger partial charge < -0.3 is 15.2 Å². The van der Waals surface area contributed by atoms with E-state index in [0.717, 1.165) is 0 Å². The van der Waals surface area contributed by atoms with Crippen LogP contribution in [0.2, 0.25) is 0 Å². The molecule has 140 valence electrons. The maximum absolute atomic E-state index is 12.8. The molecule has 0 saturated heterocycles. The van der Waals surface area contributed by atoms with Crippen LogP contribution in [0.3, 0.4) is 0 Å². The van der Waals surface area contributed by atoms with Gasteiger partial charge in [0.1, 0.15) is 6.04 Å². The van der Waals surface area contributed by atoms with Gasteiger partial charge in [0.25, 0.3) is 0 Å². The topological polar surface area (TPSA) is 75.6 Å². The van der Waals surface area contributed by atoms with Gasteiger partial charge in [0.2, 0.25) is 5.91 Å². The fourth-order valence-corrected chi connectivity index (χ4v) is 2.76. The summed E-state index contributed by atoms with van der Waals surface area (Å²) in [6.45, 7) is 5.60. The Bertz CT molecular complexity index is 446. The molecule has 3 atom stereocenters. The maximum atomic E-state index is 12.8. The molecule has 0 spiro atoms. The predicted molar refractivity (Wildman–Crippen MR) is 81.4 cm³/mol. The Kier molecular flexibility index (Phi) is 7.07. The average molecular weight is 353 g/mol. The number of carboxylic acid groups (broad SMARTS) is 1. The van der Waals surface area contributed by atoms with Crippen LogP contribution >= 0.6 is 0 Å². The van der Waals surface area contributed by atoms with Gasteiger partial charge in [-0.3, -0.25) is 4.79 Å². The fraction of sp³-hybridized carbons (Fsp3) is 0.875. The zero-order valence-corrected chi connectivity index (χ0v) is 14.3. The van der Waals surface area contributed by atoms with Crippen LogP contribution in [0.15, 0.2) is 0 Å². The van der Waals surface area contributed by atoms with E-state index in [1.54, 1.807) is 0 Å². The van der Waals surface area contributed by atoms with Crippen molar-refractivity contribution in [2.75, 3.05) is 6.61 Å². The van der Waals surface area contributed by atoms with Crippen molar-refractivity contribution in [1.82, 2.24) is 5.32 Å². The molecule has 0 radical (unpaired) electrons. The molecule has 1 amide bonds. The van der Waals surface area contributed by atoms with Gasteiger partial charge in [0.05, 0.1) is 11.5 Å². The Balaban J connectivity index is 2.57. The Morgan fingerprint density at radius 1 is 1.25 bits per heavy atom. The van der Waals surface area contributed by atoms with E-state index in [4.69, 9.17) is 4.74 Å². The van der Waals surface area contributed by atoms with E-state index in [0.29, 0.717) is 12.8 Å². The molecule has 24 heavy (non-hydrogen) atoms. The quantitative estimate of drug-likeness (QED) is 0.769. The van der Waals surface area contributed by atoms with Crippen molar-refractivity contribution < 1.29 is 32.6 Å². The summed E-state index contributed by atoms with van der Waals surface area (Å²) in [4.78, 5) is 23.4. The number of alkyl halides is 3. The second kappa shape index (κ2) is 8.18. The predicted octanol–water partition coefficient (Wildman–Crippen LogP) is 3.13. The van der Waals surface area contributed by atoms with E-state index < -0.39 is 41.5 Å². The molecule has 0 aromatic rings. The number of halogens is 3. The van der Waals surface area contributed by atoms with E-state index in [2.05, 4.69) is 5.32 Å². The molecule has 1 aliphatic rings. The summed E-state index contributed by atoms with van der Waals surface area (Å²) >= 11 is 0. The summed E-state index contributed by atoms with van der Waals surface area (Å²) in [7, 11) is 0. The van der Waals surface area contributed by atoms with Crippen LogP contribution in [-0.4, -0.2) is 41.4 Å². The third-order valence-corrected chi connectivity index (χ3v) is 4.06. The SMILES string of the molecule is CC(C)(C)OCCC(NC(=O)C1CCCC(C(F)(F)F)C1)C(=O)O. The standard InChI is InChI=1S/C16H26F3NO4/c1-15(2,3)24-8-7-12(14(22)23)20-13(21)10-5-4-6-11(9-10)16(17,18)19/h10-12H,4-9H2,1-3H3,(H,20,21)(H,22,23). The second-order valence-electron chi connectivity index (χ2n) is 7.25. The lowest BCUT2D eigenvalue weighted by Gasteiger charge is -2.30. The van der Waals surface area contributed by atoms with Gasteiger partial charge in [-0.25, -0.2) is 4.79 Å². The smallest absolute Gasteiger partial charge is 0.391 e. The van der Waals surface area contributed by atoms with Crippen molar-refractivity contribution in [2.45, 2.75) is 70.7 Å². The van der Waals surface area contributed by atoms with Crippen LogP contribution in [-0.2, 0) is 14.3 Å². The van der Waals surface area contributed by atoms with Crippen LogP contribution < -0.4 is 5.32 Å². The molecular weight excluding hydrogens is 327 g/mol. The Hall–Kier alpha value is -1.31. The first-order chi connectivity index (χ1) is 10.9. The third kappa shape index (κ3) is 7.07. The Morgan fingerprint density at radius 3 is 2.38 bits per heavy atom. The van der Waals surface area contributed by atoms with E-state index in [1.807, 2.05) is 20.8 Å². The highest BCUT2D eigenvalue weighted by atomic mass is 19.4. The van der Waals surface area contributed by atoms with Crippen molar-refractivity contribution in [3.63, 3.8) is 0 Å². The van der Waals surface area contributed by atoms with Crippen molar-refractivity contribution in [3.8, 4) is 0 Å². The molecule has 8 heteroatoms. The number of carbonyl (C=O) groups is 2. The first-order valence-corrected chi connectivity index (χ1v) is 8.14. The molecule has 1 rings (SSSR count). The number of amides is 1. The first-order valence-electron chi connectivity index (χ1n) is 8.14. The van der Waals surface area contributed by atoms with Crippen LogP contribution in [0.1, 0.15) is 52.9 Å². The van der Waals surface area contributed by atoms with Gasteiger partial charge in [-0.1, -0.05) is 6.42 Å². The minimum Gasteiger partial charge on any atom is -0.480 e. The van der Waals surface area contributed by atoms with Gasteiger partial charge in [-0.15, -0.1) is 0 Å². The fourth-order valence-electron chi connectivity index (χ4n) is 2.76. The maximum Gasteiger partial charge on any atom is 0.391 e. The number of nitrogens with one attached hydrogen (secondary N) is 1. The van der Waals surface area contributed by atoms with E-state index >= 15 is 0 Å². The molecule has 0 aromatic carbocycles. The second-order valence-corrected chi connectivity index (χ2v) is 7.25. The highest BCUT2D eigenvalue weighted by Gasteiger charge is 2.43. The lowest BCUT2D eigenvalue weighted by Crippen LogP contribution is -2.46. The number of carbonyl (C=O) groups excluding carboxylic acids is 1. The van der Waals surface area contributed by atoms with E-state index in [1.165, 1.54) is 0 Å². The Labute approximate surface area is 139 Å². The first kappa shape index (κ1) is 20.7. The molecule has 0 aromatic heterocycles. The minimum absolute atomic E-state index is 0.0229. The molecule has 5 nitrogen and oxygen atoms in total. The normalized spacial score (nSPS) is 23.6. The molecular formula is C16H26F3NO4. The van der Waals surface area contributed by atoms with Crippen molar-refractivity contribution in [3.05, 3.63) is 0 Å². The highest BCUT2D eigenvalue weighted by Crippen LogP contribution is 2.39. The van der Waals surface area contributed by atoms with Crippen molar-refractivity contribution in [2.24, 2.45) is 11.8 Å². The summed E-state index contributed by atoms with van der Waals surface area (Å²) in [6, 6.07) is -1.16. The third-order valence-electron chi connectivity index (χ3n) is 4.06. The summed E-state index contributed by atoms with van der Waals surface area (Å²) in [5.74, 6) is -4.12.